The van der Waals surface area contributed by atoms with Gasteiger partial charge in [0.25, 0.3) is 0 Å². The van der Waals surface area contributed by atoms with Gasteiger partial charge in [-0.25, -0.2) is 12.7 Å². The van der Waals surface area contributed by atoms with E-state index in [1.807, 2.05) is 6.92 Å². The van der Waals surface area contributed by atoms with Crippen molar-refractivity contribution in [3.8, 4) is 0 Å². The third kappa shape index (κ3) is 4.59. The second-order valence-electron chi connectivity index (χ2n) is 5.58. The Kier molecular flexibility index (Phi) is 6.31. The highest BCUT2D eigenvalue weighted by atomic mass is 35.5. The number of carbonyl (C=O) groups is 1. The summed E-state index contributed by atoms with van der Waals surface area (Å²) in [5, 5.41) is 3.52. The van der Waals surface area contributed by atoms with Crippen LogP contribution in [0.3, 0.4) is 0 Å². The zero-order valence-electron chi connectivity index (χ0n) is 12.9. The van der Waals surface area contributed by atoms with Crippen molar-refractivity contribution in [2.45, 2.75) is 26.2 Å². The first-order valence-corrected chi connectivity index (χ1v) is 9.94. The van der Waals surface area contributed by atoms with Crippen molar-refractivity contribution in [1.82, 2.24) is 4.31 Å². The van der Waals surface area contributed by atoms with Crippen molar-refractivity contribution in [3.63, 3.8) is 0 Å². The summed E-state index contributed by atoms with van der Waals surface area (Å²) < 4.78 is 25.5. The largest absolute Gasteiger partial charge is 0.323 e. The molecule has 1 aliphatic rings. The van der Waals surface area contributed by atoms with Gasteiger partial charge in [0.1, 0.15) is 0 Å². The van der Waals surface area contributed by atoms with Gasteiger partial charge >= 0.3 is 0 Å². The van der Waals surface area contributed by atoms with Crippen molar-refractivity contribution < 1.29 is 13.2 Å². The van der Waals surface area contributed by atoms with Gasteiger partial charge in [-0.05, 0) is 31.4 Å². The number of hydrogen-bond donors (Lipinski definition) is 1. The molecule has 1 amide bonds. The molecule has 0 aliphatic carbocycles. The smallest absolute Gasteiger partial charge is 0.227 e. The Morgan fingerprint density at radius 3 is 2.35 bits per heavy atom. The summed E-state index contributed by atoms with van der Waals surface area (Å²) in [5.41, 5.74) is 0.405. The van der Waals surface area contributed by atoms with E-state index in [1.54, 1.807) is 18.2 Å². The van der Waals surface area contributed by atoms with Crippen molar-refractivity contribution in [3.05, 3.63) is 28.2 Å². The van der Waals surface area contributed by atoms with Crippen LogP contribution >= 0.6 is 23.2 Å². The Morgan fingerprint density at radius 2 is 1.83 bits per heavy atom. The molecule has 0 bridgehead atoms. The van der Waals surface area contributed by atoms with Crippen LogP contribution in [-0.2, 0) is 14.8 Å². The number of halogens is 2. The number of carbonyl (C=O) groups excluding carboxylic acids is 1. The Labute approximate surface area is 147 Å². The number of para-hydroxylation sites is 1. The van der Waals surface area contributed by atoms with Crippen LogP contribution in [0.2, 0.25) is 10.0 Å². The van der Waals surface area contributed by atoms with Gasteiger partial charge < -0.3 is 5.32 Å². The molecule has 23 heavy (non-hydrogen) atoms. The molecule has 128 valence electrons. The van der Waals surface area contributed by atoms with Crippen LogP contribution in [0.1, 0.15) is 26.2 Å². The molecule has 0 spiro atoms. The SMILES string of the molecule is CCCS(=O)(=O)N1CCC(C(=O)Nc2c(Cl)cccc2Cl)CC1. The second-order valence-corrected chi connectivity index (χ2v) is 8.48. The first-order chi connectivity index (χ1) is 10.8. The summed E-state index contributed by atoms with van der Waals surface area (Å²) in [4.78, 5) is 12.4. The van der Waals surface area contributed by atoms with Gasteiger partial charge in [0.15, 0.2) is 0 Å². The molecule has 1 heterocycles. The Morgan fingerprint density at radius 1 is 1.26 bits per heavy atom. The summed E-state index contributed by atoms with van der Waals surface area (Å²) in [7, 11) is -3.20. The van der Waals surface area contributed by atoms with E-state index in [-0.39, 0.29) is 17.6 Å². The van der Waals surface area contributed by atoms with Gasteiger partial charge in [0.05, 0.1) is 21.5 Å². The van der Waals surface area contributed by atoms with E-state index in [4.69, 9.17) is 23.2 Å². The van der Waals surface area contributed by atoms with E-state index in [0.717, 1.165) is 0 Å². The topological polar surface area (TPSA) is 66.5 Å². The molecular formula is C15H20Cl2N2O3S. The van der Waals surface area contributed by atoms with Crippen molar-refractivity contribution in [2.24, 2.45) is 5.92 Å². The molecule has 1 saturated heterocycles. The lowest BCUT2D eigenvalue weighted by Crippen LogP contribution is -2.42. The van der Waals surface area contributed by atoms with Gasteiger partial charge in [0, 0.05) is 19.0 Å². The fourth-order valence-corrected chi connectivity index (χ4v) is 4.66. The van der Waals surface area contributed by atoms with E-state index in [1.165, 1.54) is 4.31 Å². The summed E-state index contributed by atoms with van der Waals surface area (Å²) in [5.74, 6) is -0.262. The number of nitrogens with one attached hydrogen (secondary N) is 1. The molecule has 0 radical (unpaired) electrons. The molecule has 0 saturated carbocycles. The first-order valence-electron chi connectivity index (χ1n) is 7.58. The van der Waals surface area contributed by atoms with Gasteiger partial charge in [-0.2, -0.15) is 0 Å². The maximum atomic E-state index is 12.4. The average molecular weight is 379 g/mol. The van der Waals surface area contributed by atoms with Gasteiger partial charge in [-0.1, -0.05) is 36.2 Å². The van der Waals surface area contributed by atoms with Crippen LogP contribution in [0.5, 0.6) is 0 Å². The number of benzene rings is 1. The Bertz CT molecular complexity index is 651. The minimum absolute atomic E-state index is 0.152. The summed E-state index contributed by atoms with van der Waals surface area (Å²) >= 11 is 12.1. The zero-order chi connectivity index (χ0) is 17.0. The standard InChI is InChI=1S/C15H20Cl2N2O3S/c1-2-10-23(21,22)19-8-6-11(7-9-19)15(20)18-14-12(16)4-3-5-13(14)17/h3-5,11H,2,6-10H2,1H3,(H,18,20). The van der Waals surface area contributed by atoms with Crippen LogP contribution in [0.25, 0.3) is 0 Å². The minimum atomic E-state index is -3.20. The molecule has 8 heteroatoms. The zero-order valence-corrected chi connectivity index (χ0v) is 15.2. The summed E-state index contributed by atoms with van der Waals surface area (Å²) in [6, 6.07) is 5.02. The maximum Gasteiger partial charge on any atom is 0.227 e. The molecule has 0 atom stereocenters. The predicted molar refractivity (Wildman–Crippen MR) is 93.5 cm³/mol. The maximum absolute atomic E-state index is 12.4. The molecule has 2 rings (SSSR count). The number of piperidine rings is 1. The van der Waals surface area contributed by atoms with E-state index < -0.39 is 10.0 Å². The van der Waals surface area contributed by atoms with Gasteiger partial charge in [0.2, 0.25) is 15.9 Å². The van der Waals surface area contributed by atoms with Crippen LogP contribution in [-0.4, -0.2) is 37.5 Å². The van der Waals surface area contributed by atoms with Gasteiger partial charge in [-0.15, -0.1) is 0 Å². The van der Waals surface area contributed by atoms with Crippen LogP contribution in [0.4, 0.5) is 5.69 Å². The van der Waals surface area contributed by atoms with Crippen LogP contribution < -0.4 is 5.32 Å². The molecule has 0 aromatic heterocycles. The van der Waals surface area contributed by atoms with E-state index in [0.29, 0.717) is 48.1 Å². The van der Waals surface area contributed by atoms with E-state index in [2.05, 4.69) is 5.32 Å². The number of anilines is 1. The number of amides is 1. The number of rotatable bonds is 5. The second kappa shape index (κ2) is 7.83. The summed E-state index contributed by atoms with van der Waals surface area (Å²) in [6.07, 6.45) is 1.58. The predicted octanol–water partition coefficient (Wildman–Crippen LogP) is 3.38. The lowest BCUT2D eigenvalue weighted by atomic mass is 9.97. The lowest BCUT2D eigenvalue weighted by molar-refractivity contribution is -0.120. The molecule has 1 aromatic carbocycles. The monoisotopic (exact) mass is 378 g/mol. The van der Waals surface area contributed by atoms with Crippen molar-refractivity contribution in [1.29, 1.82) is 0 Å². The molecular weight excluding hydrogens is 359 g/mol. The molecule has 1 fully saturated rings. The molecule has 0 unspecified atom stereocenters. The van der Waals surface area contributed by atoms with Gasteiger partial charge in [-0.3, -0.25) is 4.79 Å². The fraction of sp³-hybridized carbons (Fsp3) is 0.533. The lowest BCUT2D eigenvalue weighted by Gasteiger charge is -2.30. The minimum Gasteiger partial charge on any atom is -0.323 e. The highest BCUT2D eigenvalue weighted by molar-refractivity contribution is 7.89. The Balaban J connectivity index is 1.96. The van der Waals surface area contributed by atoms with Crippen molar-refractivity contribution >= 4 is 44.8 Å². The molecule has 5 nitrogen and oxygen atoms in total. The molecule has 1 N–H and O–H groups in total. The third-order valence-electron chi connectivity index (χ3n) is 3.89. The first kappa shape index (κ1) is 18.5. The normalized spacial score (nSPS) is 17.2. The molecule has 1 aliphatic heterocycles. The Hall–Kier alpha value is -0.820. The highest BCUT2D eigenvalue weighted by Gasteiger charge is 2.30. The summed E-state index contributed by atoms with van der Waals surface area (Å²) in [6.45, 7) is 2.58. The third-order valence-corrected chi connectivity index (χ3v) is 6.60. The number of sulfonamides is 1. The quantitative estimate of drug-likeness (QED) is 0.853. The fourth-order valence-electron chi connectivity index (χ4n) is 2.63. The average Bonchev–Trinajstić information content (AvgIpc) is 2.51. The number of nitrogens with zero attached hydrogens (tertiary/aromatic N) is 1. The highest BCUT2D eigenvalue weighted by Crippen LogP contribution is 2.31. The van der Waals surface area contributed by atoms with Crippen molar-refractivity contribution in [2.75, 3.05) is 24.2 Å². The molecule has 1 aromatic rings. The van der Waals surface area contributed by atoms with E-state index in [9.17, 15) is 13.2 Å². The van der Waals surface area contributed by atoms with Crippen LogP contribution in [0, 0.1) is 5.92 Å². The van der Waals surface area contributed by atoms with E-state index >= 15 is 0 Å². The number of hydrogen-bond acceptors (Lipinski definition) is 3. The van der Waals surface area contributed by atoms with Crippen LogP contribution in [0.15, 0.2) is 18.2 Å².